The minimum absolute atomic E-state index is 0.0842. The maximum absolute atomic E-state index is 13.4. The third-order valence-corrected chi connectivity index (χ3v) is 8.33. The van der Waals surface area contributed by atoms with Crippen molar-refractivity contribution in [1.82, 2.24) is 19.8 Å². The number of aromatic amines is 1. The molecule has 3 aromatic rings. The summed E-state index contributed by atoms with van der Waals surface area (Å²) < 4.78 is 16.9. The van der Waals surface area contributed by atoms with Crippen LogP contribution in [0.5, 0.6) is 5.88 Å². The third kappa shape index (κ3) is 4.66. The van der Waals surface area contributed by atoms with Gasteiger partial charge in [0.15, 0.2) is 5.58 Å². The number of amides is 1. The predicted molar refractivity (Wildman–Crippen MR) is 136 cm³/mol. The number of pyridine rings is 1. The maximum Gasteiger partial charge on any atom is 0.417 e. The van der Waals surface area contributed by atoms with Gasteiger partial charge in [0.2, 0.25) is 5.88 Å². The van der Waals surface area contributed by atoms with E-state index in [0.717, 1.165) is 88.3 Å². The first-order valence-corrected chi connectivity index (χ1v) is 13.5. The highest BCUT2D eigenvalue weighted by atomic mass is 16.5. The average molecular weight is 505 g/mol. The molecule has 4 aliphatic rings. The molecule has 1 aromatic carbocycles. The topological polar surface area (TPSA) is 101 Å². The number of hydrogen-bond acceptors (Lipinski definition) is 7. The lowest BCUT2D eigenvalue weighted by Crippen LogP contribution is -2.33. The number of hydrogen-bond donors (Lipinski definition) is 1. The van der Waals surface area contributed by atoms with E-state index in [-0.39, 0.29) is 12.0 Å². The number of rotatable bonds is 6. The zero-order valence-electron chi connectivity index (χ0n) is 20.9. The molecule has 0 spiro atoms. The van der Waals surface area contributed by atoms with E-state index in [2.05, 4.69) is 14.9 Å². The number of fused-ring (bicyclic) bond motifs is 2. The van der Waals surface area contributed by atoms with E-state index in [1.54, 1.807) is 6.20 Å². The first kappa shape index (κ1) is 23.0. The maximum atomic E-state index is 13.4. The van der Waals surface area contributed by atoms with Gasteiger partial charge >= 0.3 is 5.76 Å². The summed E-state index contributed by atoms with van der Waals surface area (Å²) in [7, 11) is 0. The van der Waals surface area contributed by atoms with E-state index >= 15 is 0 Å². The van der Waals surface area contributed by atoms with E-state index in [9.17, 15) is 9.59 Å². The summed E-state index contributed by atoms with van der Waals surface area (Å²) in [6.07, 6.45) is 5.89. The van der Waals surface area contributed by atoms with Crippen molar-refractivity contribution < 1.29 is 18.7 Å². The van der Waals surface area contributed by atoms with Gasteiger partial charge in [-0.05, 0) is 54.4 Å². The molecule has 2 atom stereocenters. The molecular formula is C28H32N4O5. The smallest absolute Gasteiger partial charge is 0.417 e. The van der Waals surface area contributed by atoms with Crippen LogP contribution < -0.4 is 10.5 Å². The van der Waals surface area contributed by atoms with Crippen molar-refractivity contribution in [2.24, 2.45) is 11.8 Å². The normalized spacial score (nSPS) is 24.6. The highest BCUT2D eigenvalue weighted by Crippen LogP contribution is 2.44. The van der Waals surface area contributed by atoms with Crippen molar-refractivity contribution in [1.29, 1.82) is 0 Å². The molecule has 9 nitrogen and oxygen atoms in total. The van der Waals surface area contributed by atoms with Gasteiger partial charge in [0.05, 0.1) is 24.3 Å². The van der Waals surface area contributed by atoms with Crippen LogP contribution in [0, 0.1) is 11.8 Å². The molecule has 194 valence electrons. The van der Waals surface area contributed by atoms with Crippen LogP contribution in [-0.2, 0) is 11.3 Å². The quantitative estimate of drug-likeness (QED) is 0.550. The molecule has 9 heteroatoms. The zero-order chi connectivity index (χ0) is 24.9. The lowest BCUT2D eigenvalue weighted by atomic mass is 10.0. The molecule has 3 saturated heterocycles. The second-order valence-corrected chi connectivity index (χ2v) is 11.1. The number of nitrogens with zero attached hydrogens (tertiary/aromatic N) is 3. The first-order chi connectivity index (χ1) is 18.1. The minimum atomic E-state index is -0.423. The molecule has 1 amide bonds. The van der Waals surface area contributed by atoms with Gasteiger partial charge in [0.25, 0.3) is 5.91 Å². The van der Waals surface area contributed by atoms with Crippen LogP contribution in [0.1, 0.15) is 53.1 Å². The van der Waals surface area contributed by atoms with Crippen LogP contribution in [0.2, 0.25) is 0 Å². The number of nitrogens with one attached hydrogen (secondary N) is 1. The summed E-state index contributed by atoms with van der Waals surface area (Å²) in [5, 5.41) is 0. The molecule has 1 saturated carbocycles. The van der Waals surface area contributed by atoms with Gasteiger partial charge in [-0.2, -0.15) is 0 Å². The standard InChI is InChI=1S/C28H32N4O5/c33-27(19-10-23(18-2-3-18)26(29-11-19)36-22-5-7-35-8-6-22)32-15-20-13-31(14-21(20)16-32)12-17-1-4-24-25(9-17)37-28(34)30-24/h1,4,9-11,18,20-22H,2-3,5-8,12-16H2,(H,30,34)/t20-,21-/m0/s1. The number of aromatic nitrogens is 2. The Bertz CT molecular complexity index is 1360. The molecule has 0 bridgehead atoms. The fourth-order valence-electron chi connectivity index (χ4n) is 6.24. The van der Waals surface area contributed by atoms with Crippen molar-refractivity contribution in [3.8, 4) is 5.88 Å². The molecule has 0 unspecified atom stereocenters. The summed E-state index contributed by atoms with van der Waals surface area (Å²) in [5.41, 5.74) is 4.23. The van der Waals surface area contributed by atoms with Gasteiger partial charge in [-0.25, -0.2) is 9.78 Å². The van der Waals surface area contributed by atoms with Gasteiger partial charge in [-0.1, -0.05) is 6.07 Å². The Balaban J connectivity index is 0.990. The van der Waals surface area contributed by atoms with E-state index in [0.29, 0.717) is 34.8 Å². The van der Waals surface area contributed by atoms with E-state index in [4.69, 9.17) is 13.9 Å². The average Bonchev–Trinajstić information content (AvgIpc) is 3.42. The van der Waals surface area contributed by atoms with Gasteiger partial charge in [-0.3, -0.25) is 14.7 Å². The fraction of sp³-hybridized carbons (Fsp3) is 0.536. The molecule has 3 aliphatic heterocycles. The number of likely N-dealkylation sites (tertiary alicyclic amines) is 2. The van der Waals surface area contributed by atoms with Crippen LogP contribution in [0.4, 0.5) is 0 Å². The van der Waals surface area contributed by atoms with Gasteiger partial charge in [0.1, 0.15) is 6.10 Å². The van der Waals surface area contributed by atoms with E-state index in [1.807, 2.05) is 29.2 Å². The first-order valence-electron chi connectivity index (χ1n) is 13.5. The van der Waals surface area contributed by atoms with Crippen molar-refractivity contribution >= 4 is 17.0 Å². The molecule has 37 heavy (non-hydrogen) atoms. The van der Waals surface area contributed by atoms with Crippen molar-refractivity contribution in [2.75, 3.05) is 39.4 Å². The van der Waals surface area contributed by atoms with E-state index < -0.39 is 5.76 Å². The highest BCUT2D eigenvalue weighted by molar-refractivity contribution is 5.94. The predicted octanol–water partition coefficient (Wildman–Crippen LogP) is 3.16. The Labute approximate surface area is 214 Å². The fourth-order valence-corrected chi connectivity index (χ4v) is 6.24. The summed E-state index contributed by atoms with van der Waals surface area (Å²) >= 11 is 0. The molecule has 4 fully saturated rings. The number of benzene rings is 1. The Morgan fingerprint density at radius 1 is 1.05 bits per heavy atom. The summed E-state index contributed by atoms with van der Waals surface area (Å²) in [5.74, 6) is 1.78. The van der Waals surface area contributed by atoms with Crippen LogP contribution in [-0.4, -0.2) is 71.2 Å². The number of carbonyl (C=O) groups is 1. The Morgan fingerprint density at radius 3 is 2.59 bits per heavy atom. The van der Waals surface area contributed by atoms with Gasteiger partial charge in [0, 0.05) is 57.3 Å². The minimum Gasteiger partial charge on any atom is -0.474 e. The van der Waals surface area contributed by atoms with Crippen LogP contribution in [0.25, 0.3) is 11.1 Å². The summed E-state index contributed by atoms with van der Waals surface area (Å²) in [6.45, 7) is 5.77. The van der Waals surface area contributed by atoms with Crippen LogP contribution in [0.15, 0.2) is 39.7 Å². The second-order valence-electron chi connectivity index (χ2n) is 11.1. The summed E-state index contributed by atoms with van der Waals surface area (Å²) in [6, 6.07) is 7.92. The van der Waals surface area contributed by atoms with Gasteiger partial charge < -0.3 is 18.8 Å². The van der Waals surface area contributed by atoms with Crippen LogP contribution >= 0.6 is 0 Å². The van der Waals surface area contributed by atoms with Crippen LogP contribution in [0.3, 0.4) is 0 Å². The Hall–Kier alpha value is -3.17. The Morgan fingerprint density at radius 2 is 1.84 bits per heavy atom. The Kier molecular flexibility index (Phi) is 5.77. The number of carbonyl (C=O) groups excluding carboxylic acids is 1. The third-order valence-electron chi connectivity index (χ3n) is 8.33. The molecule has 7 rings (SSSR count). The molecule has 2 aromatic heterocycles. The summed E-state index contributed by atoms with van der Waals surface area (Å²) in [4.78, 5) is 36.7. The number of oxazole rings is 1. The highest BCUT2D eigenvalue weighted by Gasteiger charge is 2.42. The second kappa shape index (κ2) is 9.29. The lowest BCUT2D eigenvalue weighted by molar-refractivity contribution is 0.0233. The molecule has 5 heterocycles. The largest absolute Gasteiger partial charge is 0.474 e. The van der Waals surface area contributed by atoms with Gasteiger partial charge in [-0.15, -0.1) is 0 Å². The monoisotopic (exact) mass is 504 g/mol. The van der Waals surface area contributed by atoms with Crippen molar-refractivity contribution in [2.45, 2.75) is 44.2 Å². The lowest BCUT2D eigenvalue weighted by Gasteiger charge is -2.24. The zero-order valence-corrected chi connectivity index (χ0v) is 20.9. The molecular weight excluding hydrogens is 472 g/mol. The number of ether oxygens (including phenoxy) is 2. The SMILES string of the molecule is O=C(c1cnc(OC2CCOCC2)c(C2CC2)c1)N1C[C@@H]2CN(Cc3ccc4[nH]c(=O)oc4c3)C[C@H]2C1. The van der Waals surface area contributed by atoms with E-state index in [1.165, 1.54) is 0 Å². The molecule has 0 radical (unpaired) electrons. The van der Waals surface area contributed by atoms with Crippen molar-refractivity contribution in [3.63, 3.8) is 0 Å². The molecule has 1 N–H and O–H groups in total. The molecule has 1 aliphatic carbocycles. The van der Waals surface area contributed by atoms with Crippen molar-refractivity contribution in [3.05, 3.63) is 57.7 Å². The number of H-pyrrole nitrogens is 1.